The summed E-state index contributed by atoms with van der Waals surface area (Å²) in [4.78, 5) is 15.1. The molecule has 0 saturated carbocycles. The third kappa shape index (κ3) is 4.66. The molecule has 5 rings (SSSR count). The number of hydrogen-bond donors (Lipinski definition) is 1. The van der Waals surface area contributed by atoms with Gasteiger partial charge in [0.25, 0.3) is 0 Å². The second-order valence-corrected chi connectivity index (χ2v) is 11.6. The fraction of sp³-hybridized carbons (Fsp3) is 0.478. The van der Waals surface area contributed by atoms with E-state index < -0.39 is 9.84 Å². The van der Waals surface area contributed by atoms with Crippen molar-refractivity contribution in [3.05, 3.63) is 46.1 Å². The number of nitrogens with one attached hydrogen (secondary N) is 1. The molecule has 2 aliphatic rings. The van der Waals surface area contributed by atoms with Crippen LogP contribution in [-0.2, 0) is 40.5 Å². The van der Waals surface area contributed by atoms with Gasteiger partial charge in [-0.15, -0.1) is 11.3 Å². The van der Waals surface area contributed by atoms with Crippen molar-refractivity contribution in [1.29, 1.82) is 0 Å². The largest absolute Gasteiger partial charge is 0.379 e. The number of rotatable bonds is 6. The summed E-state index contributed by atoms with van der Waals surface area (Å²) in [6.07, 6.45) is 5.89. The smallest absolute Gasteiger partial charge is 0.175 e. The van der Waals surface area contributed by atoms with Gasteiger partial charge in [0.15, 0.2) is 9.84 Å². The molecule has 0 bridgehead atoms. The molecule has 1 saturated heterocycles. The SMILES string of the molecule is CS(=O)(=O)c1ccc(CNc2nc(CN3CCOCC3)nc3sc4c(c23)CCCC4)cc1. The number of sulfone groups is 1. The average molecular weight is 473 g/mol. The summed E-state index contributed by atoms with van der Waals surface area (Å²) in [5, 5.41) is 4.71. The number of hydrogen-bond acceptors (Lipinski definition) is 8. The van der Waals surface area contributed by atoms with Gasteiger partial charge in [-0.25, -0.2) is 18.4 Å². The van der Waals surface area contributed by atoms with Gasteiger partial charge in [-0.3, -0.25) is 4.90 Å². The molecule has 32 heavy (non-hydrogen) atoms. The zero-order chi connectivity index (χ0) is 22.1. The molecule has 0 radical (unpaired) electrons. The Morgan fingerprint density at radius 2 is 1.84 bits per heavy atom. The highest BCUT2D eigenvalue weighted by molar-refractivity contribution is 7.90. The van der Waals surface area contributed by atoms with Gasteiger partial charge in [0.05, 0.1) is 30.0 Å². The van der Waals surface area contributed by atoms with E-state index in [1.54, 1.807) is 12.1 Å². The molecule has 170 valence electrons. The van der Waals surface area contributed by atoms with Gasteiger partial charge in [-0.2, -0.15) is 0 Å². The number of aromatic nitrogens is 2. The first-order chi connectivity index (χ1) is 15.5. The van der Waals surface area contributed by atoms with E-state index in [2.05, 4.69) is 10.2 Å². The number of anilines is 1. The number of thiophene rings is 1. The maximum absolute atomic E-state index is 11.7. The van der Waals surface area contributed by atoms with Crippen molar-refractivity contribution in [3.63, 3.8) is 0 Å². The van der Waals surface area contributed by atoms with E-state index in [1.165, 1.54) is 34.9 Å². The van der Waals surface area contributed by atoms with Crippen LogP contribution >= 0.6 is 11.3 Å². The van der Waals surface area contributed by atoms with Crippen molar-refractivity contribution in [3.8, 4) is 0 Å². The van der Waals surface area contributed by atoms with Crippen molar-refractivity contribution >= 4 is 37.2 Å². The number of aryl methyl sites for hydroxylation is 2. The van der Waals surface area contributed by atoms with Crippen molar-refractivity contribution in [2.75, 3.05) is 37.9 Å². The Labute approximate surface area is 192 Å². The van der Waals surface area contributed by atoms with E-state index in [-0.39, 0.29) is 0 Å². The summed E-state index contributed by atoms with van der Waals surface area (Å²) in [6.45, 7) is 4.61. The molecule has 2 aromatic heterocycles. The van der Waals surface area contributed by atoms with Crippen molar-refractivity contribution in [2.45, 2.75) is 43.7 Å². The standard InChI is InChI=1S/C23H28N4O3S2/c1-32(28,29)17-8-6-16(7-9-17)14-24-22-21-18-4-2-3-5-19(18)31-23(21)26-20(25-22)15-27-10-12-30-13-11-27/h6-9H,2-5,10-15H2,1H3,(H,24,25,26). The topological polar surface area (TPSA) is 84.4 Å². The summed E-state index contributed by atoms with van der Waals surface area (Å²) in [5.41, 5.74) is 2.42. The fourth-order valence-electron chi connectivity index (χ4n) is 4.40. The van der Waals surface area contributed by atoms with Crippen LogP contribution in [0.2, 0.25) is 0 Å². The Balaban J connectivity index is 1.44. The van der Waals surface area contributed by atoms with E-state index >= 15 is 0 Å². The molecular formula is C23H28N4O3S2. The molecular weight excluding hydrogens is 444 g/mol. The predicted octanol–water partition coefficient (Wildman–Crippen LogP) is 3.42. The maximum Gasteiger partial charge on any atom is 0.175 e. The lowest BCUT2D eigenvalue weighted by atomic mass is 9.97. The molecule has 0 unspecified atom stereocenters. The number of morpholine rings is 1. The Bertz CT molecular complexity index is 1220. The molecule has 0 amide bonds. The van der Waals surface area contributed by atoms with Gasteiger partial charge in [-0.1, -0.05) is 12.1 Å². The molecule has 0 atom stereocenters. The van der Waals surface area contributed by atoms with E-state index in [0.29, 0.717) is 11.4 Å². The van der Waals surface area contributed by atoms with Crippen LogP contribution in [0.25, 0.3) is 10.2 Å². The zero-order valence-electron chi connectivity index (χ0n) is 18.3. The minimum absolute atomic E-state index is 0.338. The lowest BCUT2D eigenvalue weighted by Gasteiger charge is -2.25. The number of nitrogens with zero attached hydrogens (tertiary/aromatic N) is 3. The Morgan fingerprint density at radius 3 is 2.59 bits per heavy atom. The number of fused-ring (bicyclic) bond motifs is 3. The number of ether oxygens (including phenoxy) is 1. The van der Waals surface area contributed by atoms with Crippen LogP contribution in [0, 0.1) is 0 Å². The third-order valence-electron chi connectivity index (χ3n) is 6.14. The van der Waals surface area contributed by atoms with Crippen LogP contribution in [0.5, 0.6) is 0 Å². The fourth-order valence-corrected chi connectivity index (χ4v) is 6.31. The van der Waals surface area contributed by atoms with Crippen LogP contribution in [0.1, 0.15) is 34.7 Å². The van der Waals surface area contributed by atoms with Crippen LogP contribution in [0.15, 0.2) is 29.2 Å². The highest BCUT2D eigenvalue weighted by atomic mass is 32.2. The second-order valence-electron chi connectivity index (χ2n) is 8.54. The van der Waals surface area contributed by atoms with E-state index in [4.69, 9.17) is 14.7 Å². The van der Waals surface area contributed by atoms with Crippen molar-refractivity contribution < 1.29 is 13.2 Å². The summed E-state index contributed by atoms with van der Waals surface area (Å²) in [7, 11) is -3.19. The van der Waals surface area contributed by atoms with Crippen molar-refractivity contribution in [2.24, 2.45) is 0 Å². The minimum atomic E-state index is -3.19. The molecule has 1 aliphatic heterocycles. The first-order valence-corrected chi connectivity index (χ1v) is 13.8. The van der Waals surface area contributed by atoms with E-state index in [9.17, 15) is 8.42 Å². The van der Waals surface area contributed by atoms with Crippen LogP contribution in [0.3, 0.4) is 0 Å². The maximum atomic E-state index is 11.7. The summed E-state index contributed by atoms with van der Waals surface area (Å²) < 4.78 is 28.9. The van der Waals surface area contributed by atoms with Crippen LogP contribution < -0.4 is 5.32 Å². The Kier molecular flexibility index (Phi) is 6.16. The monoisotopic (exact) mass is 472 g/mol. The van der Waals surface area contributed by atoms with Crippen molar-refractivity contribution in [1.82, 2.24) is 14.9 Å². The highest BCUT2D eigenvalue weighted by Gasteiger charge is 2.22. The highest BCUT2D eigenvalue weighted by Crippen LogP contribution is 2.38. The molecule has 7 nitrogen and oxygen atoms in total. The van der Waals surface area contributed by atoms with Gasteiger partial charge in [-0.05, 0) is 48.9 Å². The summed E-state index contributed by atoms with van der Waals surface area (Å²) in [6, 6.07) is 7.05. The quantitative estimate of drug-likeness (QED) is 0.588. The van der Waals surface area contributed by atoms with E-state index in [0.717, 1.165) is 67.7 Å². The van der Waals surface area contributed by atoms with Gasteiger partial charge < -0.3 is 10.1 Å². The normalized spacial score (nSPS) is 17.4. The first-order valence-electron chi connectivity index (χ1n) is 11.1. The van der Waals surface area contributed by atoms with Crippen LogP contribution in [-0.4, -0.2) is 55.8 Å². The summed E-state index contributed by atoms with van der Waals surface area (Å²) >= 11 is 1.82. The second kappa shape index (κ2) is 9.05. The third-order valence-corrected chi connectivity index (χ3v) is 8.46. The summed E-state index contributed by atoms with van der Waals surface area (Å²) in [5.74, 6) is 1.73. The zero-order valence-corrected chi connectivity index (χ0v) is 19.9. The van der Waals surface area contributed by atoms with Gasteiger partial charge in [0.2, 0.25) is 0 Å². The molecule has 1 N–H and O–H groups in total. The molecule has 1 fully saturated rings. The average Bonchev–Trinajstić information content (AvgIpc) is 3.16. The van der Waals surface area contributed by atoms with Gasteiger partial charge in [0, 0.05) is 30.8 Å². The number of benzene rings is 1. The molecule has 1 aliphatic carbocycles. The lowest BCUT2D eigenvalue weighted by molar-refractivity contribution is 0.0331. The molecule has 3 heterocycles. The molecule has 3 aromatic rings. The predicted molar refractivity (Wildman–Crippen MR) is 127 cm³/mol. The van der Waals surface area contributed by atoms with Gasteiger partial charge in [0.1, 0.15) is 16.5 Å². The molecule has 0 spiro atoms. The first kappa shape index (κ1) is 21.8. The van der Waals surface area contributed by atoms with E-state index in [1.807, 2.05) is 23.5 Å². The Morgan fingerprint density at radius 1 is 1.09 bits per heavy atom. The lowest BCUT2D eigenvalue weighted by Crippen LogP contribution is -2.36. The molecule has 1 aromatic carbocycles. The molecule has 9 heteroatoms. The van der Waals surface area contributed by atoms with Crippen LogP contribution in [0.4, 0.5) is 5.82 Å². The minimum Gasteiger partial charge on any atom is -0.379 e. The Hall–Kier alpha value is -2.07. The van der Waals surface area contributed by atoms with Gasteiger partial charge >= 0.3 is 0 Å².